The molecule has 17 heavy (non-hydrogen) atoms. The van der Waals surface area contributed by atoms with Gasteiger partial charge in [-0.3, -0.25) is 4.79 Å². The molecular weight excluding hydrogens is 218 g/mol. The summed E-state index contributed by atoms with van der Waals surface area (Å²) in [5.41, 5.74) is 5.34. The van der Waals surface area contributed by atoms with Crippen LogP contribution in [0.4, 0.5) is 0 Å². The Labute approximate surface area is 104 Å². The molecule has 0 saturated carbocycles. The first-order valence-electron chi connectivity index (χ1n) is 6.15. The van der Waals surface area contributed by atoms with Crippen molar-refractivity contribution in [1.29, 1.82) is 0 Å². The van der Waals surface area contributed by atoms with Crippen LogP contribution in [-0.2, 0) is 9.53 Å². The van der Waals surface area contributed by atoms with E-state index in [2.05, 4.69) is 10.2 Å². The lowest BCUT2D eigenvalue weighted by Gasteiger charge is -2.28. The van der Waals surface area contributed by atoms with Gasteiger partial charge in [0.1, 0.15) is 0 Å². The Morgan fingerprint density at radius 1 is 1.65 bits per heavy atom. The van der Waals surface area contributed by atoms with E-state index in [0.29, 0.717) is 13.2 Å². The van der Waals surface area contributed by atoms with Crippen LogP contribution >= 0.6 is 0 Å². The number of hydrogen-bond donors (Lipinski definition) is 2. The lowest BCUT2D eigenvalue weighted by atomic mass is 9.84. The van der Waals surface area contributed by atoms with Crippen LogP contribution in [0.15, 0.2) is 0 Å². The minimum atomic E-state index is -0.577. The molecule has 1 heterocycles. The fraction of sp³-hybridized carbons (Fsp3) is 0.917. The third-order valence-corrected chi connectivity index (χ3v) is 3.42. The highest BCUT2D eigenvalue weighted by Crippen LogP contribution is 2.27. The standard InChI is InChI=1S/C12H25N3O2/c1-9(5-6-15(3)4)14-11(16)12(2)8-17-7-10(12)13/h9-10H,5-8,13H2,1-4H3,(H,14,16). The SMILES string of the molecule is CC(CCN(C)C)NC(=O)C1(C)COCC1N. The molecule has 5 nitrogen and oxygen atoms in total. The molecule has 3 N–H and O–H groups in total. The molecule has 1 aliphatic rings. The molecule has 1 amide bonds. The Morgan fingerprint density at radius 2 is 2.29 bits per heavy atom. The molecule has 0 aromatic rings. The number of rotatable bonds is 5. The second-order valence-electron chi connectivity index (χ2n) is 5.51. The van der Waals surface area contributed by atoms with Crippen molar-refractivity contribution in [2.75, 3.05) is 33.9 Å². The van der Waals surface area contributed by atoms with Gasteiger partial charge in [-0.05, 0) is 40.9 Å². The Balaban J connectivity index is 2.43. The van der Waals surface area contributed by atoms with E-state index in [0.717, 1.165) is 13.0 Å². The van der Waals surface area contributed by atoms with Gasteiger partial charge in [0.05, 0.1) is 18.6 Å². The maximum absolute atomic E-state index is 12.1. The Bertz CT molecular complexity index is 270. The van der Waals surface area contributed by atoms with E-state index in [4.69, 9.17) is 10.5 Å². The number of amides is 1. The molecule has 5 heteroatoms. The zero-order valence-electron chi connectivity index (χ0n) is 11.3. The number of hydrogen-bond acceptors (Lipinski definition) is 4. The van der Waals surface area contributed by atoms with Crippen molar-refractivity contribution in [2.45, 2.75) is 32.4 Å². The van der Waals surface area contributed by atoms with Crippen molar-refractivity contribution in [1.82, 2.24) is 10.2 Å². The maximum Gasteiger partial charge on any atom is 0.230 e. The van der Waals surface area contributed by atoms with Crippen LogP contribution in [0.2, 0.25) is 0 Å². The predicted molar refractivity (Wildman–Crippen MR) is 67.7 cm³/mol. The summed E-state index contributed by atoms with van der Waals surface area (Å²) in [6.07, 6.45) is 0.935. The predicted octanol–water partition coefficient (Wildman–Crippen LogP) is -0.193. The van der Waals surface area contributed by atoms with Gasteiger partial charge in [-0.15, -0.1) is 0 Å². The van der Waals surface area contributed by atoms with Gasteiger partial charge in [-0.1, -0.05) is 0 Å². The van der Waals surface area contributed by atoms with Crippen molar-refractivity contribution in [2.24, 2.45) is 11.1 Å². The largest absolute Gasteiger partial charge is 0.379 e. The zero-order chi connectivity index (χ0) is 13.1. The van der Waals surface area contributed by atoms with Crippen LogP contribution in [0.5, 0.6) is 0 Å². The van der Waals surface area contributed by atoms with Crippen molar-refractivity contribution in [3.05, 3.63) is 0 Å². The molecule has 0 radical (unpaired) electrons. The normalized spacial score (nSPS) is 30.6. The second kappa shape index (κ2) is 5.80. The topological polar surface area (TPSA) is 67.6 Å². The van der Waals surface area contributed by atoms with E-state index in [1.807, 2.05) is 27.9 Å². The maximum atomic E-state index is 12.1. The van der Waals surface area contributed by atoms with Gasteiger partial charge in [0.25, 0.3) is 0 Å². The molecule has 0 bridgehead atoms. The van der Waals surface area contributed by atoms with Crippen LogP contribution in [0.25, 0.3) is 0 Å². The van der Waals surface area contributed by atoms with Crippen LogP contribution in [-0.4, -0.2) is 56.7 Å². The van der Waals surface area contributed by atoms with E-state index in [9.17, 15) is 4.79 Å². The van der Waals surface area contributed by atoms with E-state index in [1.54, 1.807) is 0 Å². The number of nitrogens with two attached hydrogens (primary N) is 1. The molecule has 1 fully saturated rings. The average Bonchev–Trinajstić information content (AvgIpc) is 2.58. The van der Waals surface area contributed by atoms with Crippen molar-refractivity contribution in [3.8, 4) is 0 Å². The van der Waals surface area contributed by atoms with Gasteiger partial charge < -0.3 is 20.7 Å². The molecule has 3 unspecified atom stereocenters. The van der Waals surface area contributed by atoms with Crippen LogP contribution < -0.4 is 11.1 Å². The summed E-state index contributed by atoms with van der Waals surface area (Å²) >= 11 is 0. The molecule has 1 saturated heterocycles. The van der Waals surface area contributed by atoms with Gasteiger partial charge in [-0.25, -0.2) is 0 Å². The lowest BCUT2D eigenvalue weighted by molar-refractivity contribution is -0.131. The highest BCUT2D eigenvalue weighted by molar-refractivity contribution is 5.83. The van der Waals surface area contributed by atoms with Crippen LogP contribution in [0, 0.1) is 5.41 Å². The Hall–Kier alpha value is -0.650. The summed E-state index contributed by atoms with van der Waals surface area (Å²) in [5, 5.41) is 3.02. The first kappa shape index (κ1) is 14.4. The first-order chi connectivity index (χ1) is 7.86. The number of carbonyl (C=O) groups excluding carboxylic acids is 1. The van der Waals surface area contributed by atoms with Crippen LogP contribution in [0.3, 0.4) is 0 Å². The Kier molecular flexibility index (Phi) is 4.91. The van der Waals surface area contributed by atoms with Gasteiger partial charge in [-0.2, -0.15) is 0 Å². The smallest absolute Gasteiger partial charge is 0.230 e. The van der Waals surface area contributed by atoms with Crippen molar-refractivity contribution < 1.29 is 9.53 Å². The third-order valence-electron chi connectivity index (χ3n) is 3.42. The molecule has 1 rings (SSSR count). The average molecular weight is 243 g/mol. The van der Waals surface area contributed by atoms with Gasteiger partial charge in [0.2, 0.25) is 5.91 Å². The van der Waals surface area contributed by atoms with E-state index >= 15 is 0 Å². The quantitative estimate of drug-likeness (QED) is 0.702. The molecule has 0 aliphatic carbocycles. The first-order valence-corrected chi connectivity index (χ1v) is 6.15. The fourth-order valence-corrected chi connectivity index (χ4v) is 1.84. The molecule has 0 aromatic heterocycles. The number of nitrogens with one attached hydrogen (secondary N) is 1. The number of ether oxygens (including phenoxy) is 1. The second-order valence-corrected chi connectivity index (χ2v) is 5.51. The highest BCUT2D eigenvalue weighted by Gasteiger charge is 2.44. The van der Waals surface area contributed by atoms with E-state index < -0.39 is 5.41 Å². The summed E-state index contributed by atoms with van der Waals surface area (Å²) in [6.45, 7) is 5.74. The summed E-state index contributed by atoms with van der Waals surface area (Å²) in [5.74, 6) is 0.00811. The summed E-state index contributed by atoms with van der Waals surface area (Å²) in [7, 11) is 4.05. The Morgan fingerprint density at radius 3 is 2.76 bits per heavy atom. The number of carbonyl (C=O) groups is 1. The monoisotopic (exact) mass is 243 g/mol. The summed E-state index contributed by atoms with van der Waals surface area (Å²) in [4.78, 5) is 14.3. The number of nitrogens with zero attached hydrogens (tertiary/aromatic N) is 1. The van der Waals surface area contributed by atoms with Crippen molar-refractivity contribution >= 4 is 5.91 Å². The minimum absolute atomic E-state index is 0.00811. The third kappa shape index (κ3) is 3.66. The molecule has 0 spiro atoms. The highest BCUT2D eigenvalue weighted by atomic mass is 16.5. The summed E-state index contributed by atoms with van der Waals surface area (Å²) in [6, 6.07) is -0.0435. The van der Waals surface area contributed by atoms with Gasteiger partial charge in [0, 0.05) is 12.1 Å². The lowest BCUT2D eigenvalue weighted by Crippen LogP contribution is -2.52. The van der Waals surface area contributed by atoms with E-state index in [1.165, 1.54) is 0 Å². The molecular formula is C12H25N3O2. The molecule has 0 aromatic carbocycles. The van der Waals surface area contributed by atoms with Gasteiger partial charge in [0.15, 0.2) is 0 Å². The van der Waals surface area contributed by atoms with Crippen molar-refractivity contribution in [3.63, 3.8) is 0 Å². The fourth-order valence-electron chi connectivity index (χ4n) is 1.84. The van der Waals surface area contributed by atoms with Gasteiger partial charge >= 0.3 is 0 Å². The molecule has 100 valence electrons. The molecule has 3 atom stereocenters. The van der Waals surface area contributed by atoms with E-state index in [-0.39, 0.29) is 18.0 Å². The zero-order valence-corrected chi connectivity index (χ0v) is 11.3. The van der Waals surface area contributed by atoms with Crippen LogP contribution in [0.1, 0.15) is 20.3 Å². The molecule has 1 aliphatic heterocycles. The minimum Gasteiger partial charge on any atom is -0.379 e. The summed E-state index contributed by atoms with van der Waals surface area (Å²) < 4.78 is 5.28.